The van der Waals surface area contributed by atoms with Crippen LogP contribution in [0.2, 0.25) is 0 Å². The molecule has 1 aliphatic carbocycles. The molecule has 1 atom stereocenters. The molecule has 1 N–H and O–H groups in total. The van der Waals surface area contributed by atoms with Gasteiger partial charge in [0.25, 0.3) is 0 Å². The van der Waals surface area contributed by atoms with E-state index in [1.807, 2.05) is 13.0 Å². The second kappa shape index (κ2) is 5.53. The SMILES string of the molecule is CCC1(c2ccccc2)C2=C(CC(C)(C)CC2=O)Nc2nc(C)sc21. The zero-order valence-corrected chi connectivity index (χ0v) is 16.1. The van der Waals surface area contributed by atoms with Crippen LogP contribution in [-0.4, -0.2) is 10.8 Å². The lowest BCUT2D eigenvalue weighted by Crippen LogP contribution is -2.42. The summed E-state index contributed by atoms with van der Waals surface area (Å²) in [5, 5.41) is 4.56. The molecule has 3 nitrogen and oxygen atoms in total. The molecule has 0 radical (unpaired) electrons. The van der Waals surface area contributed by atoms with Crippen LogP contribution in [0.25, 0.3) is 0 Å². The van der Waals surface area contributed by atoms with Crippen molar-refractivity contribution in [2.45, 2.75) is 52.4 Å². The van der Waals surface area contributed by atoms with Crippen LogP contribution in [0, 0.1) is 12.3 Å². The van der Waals surface area contributed by atoms with Crippen LogP contribution in [0.5, 0.6) is 0 Å². The summed E-state index contributed by atoms with van der Waals surface area (Å²) < 4.78 is 0. The predicted octanol–water partition coefficient (Wildman–Crippen LogP) is 5.22. The minimum absolute atomic E-state index is 0.0122. The number of carbonyl (C=O) groups is 1. The van der Waals surface area contributed by atoms with Crippen molar-refractivity contribution < 1.29 is 4.79 Å². The minimum atomic E-state index is -0.378. The zero-order chi connectivity index (χ0) is 17.8. The van der Waals surface area contributed by atoms with Crippen LogP contribution in [0.3, 0.4) is 0 Å². The van der Waals surface area contributed by atoms with Gasteiger partial charge in [0.15, 0.2) is 5.78 Å². The Labute approximate surface area is 153 Å². The van der Waals surface area contributed by atoms with Gasteiger partial charge in [0.1, 0.15) is 5.82 Å². The van der Waals surface area contributed by atoms with Gasteiger partial charge in [0, 0.05) is 17.7 Å². The van der Waals surface area contributed by atoms with Crippen LogP contribution in [0.1, 0.15) is 55.5 Å². The normalized spacial score (nSPS) is 24.6. The van der Waals surface area contributed by atoms with Crippen molar-refractivity contribution in [2.24, 2.45) is 5.41 Å². The highest BCUT2D eigenvalue weighted by Gasteiger charge is 2.50. The molecule has 1 aromatic carbocycles. The maximum absolute atomic E-state index is 13.3. The summed E-state index contributed by atoms with van der Waals surface area (Å²) in [4.78, 5) is 19.2. The van der Waals surface area contributed by atoms with Crippen LogP contribution in [0.15, 0.2) is 41.6 Å². The lowest BCUT2D eigenvalue weighted by atomic mass is 9.62. The molecule has 2 heterocycles. The number of carbonyl (C=O) groups excluding carboxylic acids is 1. The third-order valence-corrected chi connectivity index (χ3v) is 6.62. The Balaban J connectivity index is 2.04. The topological polar surface area (TPSA) is 42.0 Å². The largest absolute Gasteiger partial charge is 0.342 e. The molecule has 1 aliphatic heterocycles. The summed E-state index contributed by atoms with van der Waals surface area (Å²) in [6.07, 6.45) is 2.35. The molecule has 0 saturated carbocycles. The monoisotopic (exact) mass is 352 g/mol. The first-order valence-corrected chi connectivity index (χ1v) is 9.76. The smallest absolute Gasteiger partial charge is 0.162 e. The number of nitrogens with zero attached hydrogens (tertiary/aromatic N) is 1. The van der Waals surface area contributed by atoms with E-state index in [0.29, 0.717) is 6.42 Å². The van der Waals surface area contributed by atoms with Gasteiger partial charge in [0.05, 0.1) is 15.3 Å². The van der Waals surface area contributed by atoms with Gasteiger partial charge in [0.2, 0.25) is 0 Å². The van der Waals surface area contributed by atoms with Gasteiger partial charge in [-0.2, -0.15) is 0 Å². The number of ketones is 1. The molecule has 130 valence electrons. The summed E-state index contributed by atoms with van der Waals surface area (Å²) in [6, 6.07) is 10.5. The average molecular weight is 353 g/mol. The fourth-order valence-corrected chi connectivity index (χ4v) is 5.68. The van der Waals surface area contributed by atoms with Gasteiger partial charge in [-0.15, -0.1) is 11.3 Å². The van der Waals surface area contributed by atoms with Crippen molar-refractivity contribution in [3.05, 3.63) is 57.1 Å². The number of benzene rings is 1. The fourth-order valence-electron chi connectivity index (χ4n) is 4.52. The highest BCUT2D eigenvalue weighted by atomic mass is 32.1. The van der Waals surface area contributed by atoms with Gasteiger partial charge in [-0.3, -0.25) is 4.79 Å². The Morgan fingerprint density at radius 3 is 2.60 bits per heavy atom. The second-order valence-electron chi connectivity index (χ2n) is 7.96. The Kier molecular flexibility index (Phi) is 3.66. The second-order valence-corrected chi connectivity index (χ2v) is 9.16. The fraction of sp³-hybridized carbons (Fsp3) is 0.429. The highest BCUT2D eigenvalue weighted by molar-refractivity contribution is 7.12. The third-order valence-electron chi connectivity index (χ3n) is 5.49. The van der Waals surface area contributed by atoms with Crippen LogP contribution in [0.4, 0.5) is 5.82 Å². The molecule has 0 amide bonds. The quantitative estimate of drug-likeness (QED) is 0.806. The molecule has 0 spiro atoms. The molecule has 1 aromatic heterocycles. The van der Waals surface area contributed by atoms with Crippen molar-refractivity contribution >= 4 is 22.9 Å². The number of anilines is 1. The van der Waals surface area contributed by atoms with Gasteiger partial charge < -0.3 is 5.32 Å². The number of fused-ring (bicyclic) bond motifs is 1. The summed E-state index contributed by atoms with van der Waals surface area (Å²) in [6.45, 7) is 8.58. The lowest BCUT2D eigenvalue weighted by molar-refractivity contribution is -0.118. The van der Waals surface area contributed by atoms with Gasteiger partial charge in [-0.05, 0) is 30.7 Å². The molecule has 0 fully saturated rings. The highest BCUT2D eigenvalue weighted by Crippen LogP contribution is 2.55. The van der Waals surface area contributed by atoms with E-state index >= 15 is 0 Å². The molecule has 0 bridgehead atoms. The van der Waals surface area contributed by atoms with Gasteiger partial charge >= 0.3 is 0 Å². The molecule has 4 heteroatoms. The van der Waals surface area contributed by atoms with Gasteiger partial charge in [-0.25, -0.2) is 4.98 Å². The molecule has 2 aliphatic rings. The van der Waals surface area contributed by atoms with E-state index in [1.165, 1.54) is 10.4 Å². The van der Waals surface area contributed by atoms with Gasteiger partial charge in [-0.1, -0.05) is 51.1 Å². The Morgan fingerprint density at radius 1 is 1.20 bits per heavy atom. The van der Waals surface area contributed by atoms with E-state index in [1.54, 1.807) is 11.3 Å². The Morgan fingerprint density at radius 2 is 1.92 bits per heavy atom. The maximum atomic E-state index is 13.3. The van der Waals surface area contributed by atoms with Crippen LogP contribution in [-0.2, 0) is 10.2 Å². The van der Waals surface area contributed by atoms with E-state index in [4.69, 9.17) is 4.98 Å². The Hall–Kier alpha value is -1.94. The number of hydrogen-bond donors (Lipinski definition) is 1. The molecule has 25 heavy (non-hydrogen) atoms. The molecule has 4 rings (SSSR count). The van der Waals surface area contributed by atoms with Crippen molar-refractivity contribution in [1.29, 1.82) is 0 Å². The number of nitrogens with one attached hydrogen (secondary N) is 1. The lowest BCUT2D eigenvalue weighted by Gasteiger charge is -2.44. The predicted molar refractivity (Wildman–Crippen MR) is 103 cm³/mol. The van der Waals surface area contributed by atoms with Crippen LogP contribution < -0.4 is 5.32 Å². The number of thiazole rings is 1. The number of aryl methyl sites for hydroxylation is 1. The number of aromatic nitrogens is 1. The first-order valence-electron chi connectivity index (χ1n) is 8.95. The third kappa shape index (κ3) is 2.38. The van der Waals surface area contributed by atoms with E-state index in [2.05, 4.69) is 50.4 Å². The molecule has 0 saturated heterocycles. The number of hydrogen-bond acceptors (Lipinski definition) is 4. The standard InChI is InChI=1S/C21H24N2OS/c1-5-21(14-9-7-6-8-10-14)17-15(11-20(3,4)12-16(17)24)23-19-18(21)25-13(2)22-19/h6-10,23H,5,11-12H2,1-4H3. The first kappa shape index (κ1) is 16.5. The number of Topliss-reactive ketones (excluding diaryl/α,β-unsaturated/α-hetero) is 1. The van der Waals surface area contributed by atoms with Crippen molar-refractivity contribution in [2.75, 3.05) is 5.32 Å². The summed E-state index contributed by atoms with van der Waals surface area (Å²) >= 11 is 1.71. The Bertz CT molecular complexity index is 879. The van der Waals surface area contributed by atoms with Crippen LogP contribution >= 0.6 is 11.3 Å². The van der Waals surface area contributed by atoms with E-state index < -0.39 is 0 Å². The maximum Gasteiger partial charge on any atom is 0.162 e. The zero-order valence-electron chi connectivity index (χ0n) is 15.3. The van der Waals surface area contributed by atoms with Crippen molar-refractivity contribution in [1.82, 2.24) is 4.98 Å². The van der Waals surface area contributed by atoms with Crippen molar-refractivity contribution in [3.8, 4) is 0 Å². The molecule has 2 aromatic rings. The molecular formula is C21H24N2OS. The number of rotatable bonds is 2. The van der Waals surface area contributed by atoms with E-state index in [0.717, 1.165) is 34.9 Å². The summed E-state index contributed by atoms with van der Waals surface area (Å²) in [5.41, 5.74) is 2.85. The minimum Gasteiger partial charge on any atom is -0.342 e. The summed E-state index contributed by atoms with van der Waals surface area (Å²) in [7, 11) is 0. The molecular weight excluding hydrogens is 328 g/mol. The number of allylic oxidation sites excluding steroid dienone is 2. The molecule has 1 unspecified atom stereocenters. The summed E-state index contributed by atoms with van der Waals surface area (Å²) in [5.74, 6) is 1.22. The van der Waals surface area contributed by atoms with Crippen molar-refractivity contribution in [3.63, 3.8) is 0 Å². The average Bonchev–Trinajstić information content (AvgIpc) is 2.92. The first-order chi connectivity index (χ1) is 11.9. The van der Waals surface area contributed by atoms with E-state index in [9.17, 15) is 4.79 Å². The van der Waals surface area contributed by atoms with E-state index in [-0.39, 0.29) is 16.6 Å².